The van der Waals surface area contributed by atoms with Crippen molar-refractivity contribution in [3.63, 3.8) is 0 Å². The molecule has 1 aliphatic heterocycles. The number of aliphatic imine (C=N–C) groups is 1. The van der Waals surface area contributed by atoms with Gasteiger partial charge in [-0.2, -0.15) is 0 Å². The number of anilines is 1. The number of amides is 1. The molecule has 0 saturated carbocycles. The minimum Gasteiger partial charge on any atom is -0.370 e. The summed E-state index contributed by atoms with van der Waals surface area (Å²) in [4.78, 5) is 22.2. The number of guanidine groups is 1. The summed E-state index contributed by atoms with van der Waals surface area (Å²) in [6.45, 7) is 2.02. The number of nitrogens with one attached hydrogen (secondary N) is 1. The standard InChI is InChI=1S/C19H23N5O/c20-19(22-12-10-16-4-1-2-11-21-16)23-14-15-6-8-17(9-7-15)24-13-3-5-18(24)25/h1-2,4,6-9,11H,3,5,10,12-14H2,(H3,20,22,23). The zero-order chi connectivity index (χ0) is 17.5. The molecule has 1 aromatic carbocycles. The van der Waals surface area contributed by atoms with Crippen molar-refractivity contribution in [2.45, 2.75) is 25.8 Å². The van der Waals surface area contributed by atoms with Crippen molar-refractivity contribution in [2.75, 3.05) is 18.0 Å². The maximum atomic E-state index is 11.8. The van der Waals surface area contributed by atoms with Gasteiger partial charge >= 0.3 is 0 Å². The van der Waals surface area contributed by atoms with Gasteiger partial charge in [0.05, 0.1) is 6.54 Å². The Morgan fingerprint density at radius 1 is 1.24 bits per heavy atom. The molecule has 2 heterocycles. The Kier molecular flexibility index (Phi) is 5.61. The summed E-state index contributed by atoms with van der Waals surface area (Å²) >= 11 is 0. The maximum Gasteiger partial charge on any atom is 0.227 e. The van der Waals surface area contributed by atoms with Crippen LogP contribution in [0.1, 0.15) is 24.1 Å². The smallest absolute Gasteiger partial charge is 0.227 e. The molecule has 0 radical (unpaired) electrons. The highest BCUT2D eigenvalue weighted by Gasteiger charge is 2.21. The van der Waals surface area contributed by atoms with Crippen LogP contribution >= 0.6 is 0 Å². The molecule has 0 bridgehead atoms. The Bertz CT molecular complexity index is 727. The molecule has 3 N–H and O–H groups in total. The quantitative estimate of drug-likeness (QED) is 0.622. The van der Waals surface area contributed by atoms with Crippen LogP contribution in [0, 0.1) is 0 Å². The first-order chi connectivity index (χ1) is 12.2. The number of nitrogens with two attached hydrogens (primary N) is 1. The Morgan fingerprint density at radius 2 is 2.08 bits per heavy atom. The van der Waals surface area contributed by atoms with Crippen LogP contribution in [0.4, 0.5) is 5.69 Å². The van der Waals surface area contributed by atoms with E-state index in [1.165, 1.54) is 0 Å². The number of carbonyl (C=O) groups excluding carboxylic acids is 1. The number of hydrogen-bond donors (Lipinski definition) is 2. The largest absolute Gasteiger partial charge is 0.370 e. The van der Waals surface area contributed by atoms with Gasteiger partial charge in [0.15, 0.2) is 5.96 Å². The third kappa shape index (κ3) is 4.79. The number of pyridine rings is 1. The van der Waals surface area contributed by atoms with E-state index in [-0.39, 0.29) is 5.91 Å². The summed E-state index contributed by atoms with van der Waals surface area (Å²) in [5, 5.41) is 3.10. The molecule has 1 fully saturated rings. The molecule has 0 spiro atoms. The van der Waals surface area contributed by atoms with Crippen molar-refractivity contribution in [1.29, 1.82) is 0 Å². The van der Waals surface area contributed by atoms with Gasteiger partial charge in [0.1, 0.15) is 0 Å². The highest BCUT2D eigenvalue weighted by Crippen LogP contribution is 2.21. The number of aromatic nitrogens is 1. The molecule has 1 aromatic heterocycles. The molecule has 1 saturated heterocycles. The van der Waals surface area contributed by atoms with Crippen molar-refractivity contribution >= 4 is 17.6 Å². The average Bonchev–Trinajstić information content (AvgIpc) is 3.07. The lowest BCUT2D eigenvalue weighted by atomic mass is 10.2. The summed E-state index contributed by atoms with van der Waals surface area (Å²) in [6.07, 6.45) is 4.17. The van der Waals surface area contributed by atoms with Gasteiger partial charge in [0.25, 0.3) is 0 Å². The Balaban J connectivity index is 1.46. The van der Waals surface area contributed by atoms with Crippen LogP contribution in [0.2, 0.25) is 0 Å². The summed E-state index contributed by atoms with van der Waals surface area (Å²) in [7, 11) is 0. The zero-order valence-electron chi connectivity index (χ0n) is 14.2. The van der Waals surface area contributed by atoms with Crippen LogP contribution in [-0.2, 0) is 17.8 Å². The average molecular weight is 337 g/mol. The molecule has 1 amide bonds. The lowest BCUT2D eigenvalue weighted by Gasteiger charge is -2.15. The van der Waals surface area contributed by atoms with Crippen molar-refractivity contribution in [3.8, 4) is 0 Å². The molecule has 0 aliphatic carbocycles. The van der Waals surface area contributed by atoms with Crippen LogP contribution in [-0.4, -0.2) is 29.9 Å². The third-order valence-corrected chi connectivity index (χ3v) is 4.17. The topological polar surface area (TPSA) is 83.6 Å². The first-order valence-electron chi connectivity index (χ1n) is 8.55. The van der Waals surface area contributed by atoms with Crippen LogP contribution in [0.15, 0.2) is 53.7 Å². The molecular formula is C19H23N5O. The fraction of sp³-hybridized carbons (Fsp3) is 0.316. The molecule has 130 valence electrons. The van der Waals surface area contributed by atoms with Gasteiger partial charge in [0, 0.05) is 43.5 Å². The van der Waals surface area contributed by atoms with E-state index in [1.54, 1.807) is 6.20 Å². The lowest BCUT2D eigenvalue weighted by Crippen LogP contribution is -2.33. The SMILES string of the molecule is NC(=NCc1ccc(N2CCCC2=O)cc1)NCCc1ccccn1. The first-order valence-corrected chi connectivity index (χ1v) is 8.55. The summed E-state index contributed by atoms with van der Waals surface area (Å²) in [5.74, 6) is 0.627. The van der Waals surface area contributed by atoms with Crippen molar-refractivity contribution in [1.82, 2.24) is 10.3 Å². The Labute approximate surface area is 147 Å². The van der Waals surface area contributed by atoms with E-state index in [1.807, 2.05) is 47.4 Å². The van der Waals surface area contributed by atoms with E-state index in [2.05, 4.69) is 15.3 Å². The highest BCUT2D eigenvalue weighted by atomic mass is 16.2. The normalized spacial score (nSPS) is 14.8. The Morgan fingerprint density at radius 3 is 2.76 bits per heavy atom. The van der Waals surface area contributed by atoms with Gasteiger partial charge in [0.2, 0.25) is 5.91 Å². The molecule has 6 nitrogen and oxygen atoms in total. The molecule has 6 heteroatoms. The fourth-order valence-corrected chi connectivity index (χ4v) is 2.80. The minimum absolute atomic E-state index is 0.201. The van der Waals surface area contributed by atoms with E-state index >= 15 is 0 Å². The predicted octanol–water partition coefficient (Wildman–Crippen LogP) is 1.86. The molecule has 0 atom stereocenters. The number of nitrogens with zero attached hydrogens (tertiary/aromatic N) is 3. The second-order valence-electron chi connectivity index (χ2n) is 6.01. The molecule has 25 heavy (non-hydrogen) atoms. The van der Waals surface area contributed by atoms with Gasteiger partial charge in [-0.3, -0.25) is 9.78 Å². The molecule has 0 unspecified atom stereocenters. The first kappa shape index (κ1) is 17.0. The second-order valence-corrected chi connectivity index (χ2v) is 6.01. The van der Waals surface area contributed by atoms with Gasteiger partial charge in [-0.05, 0) is 36.2 Å². The molecular weight excluding hydrogens is 314 g/mol. The van der Waals surface area contributed by atoms with E-state index < -0.39 is 0 Å². The summed E-state index contributed by atoms with van der Waals surface area (Å²) in [6, 6.07) is 13.8. The van der Waals surface area contributed by atoms with Gasteiger partial charge < -0.3 is 16.0 Å². The number of rotatable bonds is 6. The van der Waals surface area contributed by atoms with Crippen LogP contribution in [0.25, 0.3) is 0 Å². The molecule has 3 rings (SSSR count). The fourth-order valence-electron chi connectivity index (χ4n) is 2.80. The van der Waals surface area contributed by atoms with E-state index in [4.69, 9.17) is 5.73 Å². The third-order valence-electron chi connectivity index (χ3n) is 4.17. The van der Waals surface area contributed by atoms with Crippen LogP contribution < -0.4 is 16.0 Å². The summed E-state index contributed by atoms with van der Waals surface area (Å²) in [5.41, 5.74) is 8.94. The van der Waals surface area contributed by atoms with Gasteiger partial charge in [-0.1, -0.05) is 18.2 Å². The summed E-state index contributed by atoms with van der Waals surface area (Å²) < 4.78 is 0. The van der Waals surface area contributed by atoms with Crippen LogP contribution in [0.3, 0.4) is 0 Å². The van der Waals surface area contributed by atoms with Crippen molar-refractivity contribution in [2.24, 2.45) is 10.7 Å². The van der Waals surface area contributed by atoms with Gasteiger partial charge in [-0.25, -0.2) is 4.99 Å². The van der Waals surface area contributed by atoms with Crippen LogP contribution in [0.5, 0.6) is 0 Å². The maximum absolute atomic E-state index is 11.8. The molecule has 1 aliphatic rings. The second kappa shape index (κ2) is 8.28. The van der Waals surface area contributed by atoms with Gasteiger partial charge in [-0.15, -0.1) is 0 Å². The zero-order valence-corrected chi connectivity index (χ0v) is 14.2. The number of benzene rings is 1. The monoisotopic (exact) mass is 337 g/mol. The number of carbonyl (C=O) groups is 1. The Hall–Kier alpha value is -2.89. The predicted molar refractivity (Wildman–Crippen MR) is 99.3 cm³/mol. The highest BCUT2D eigenvalue weighted by molar-refractivity contribution is 5.95. The van der Waals surface area contributed by atoms with Crippen molar-refractivity contribution < 1.29 is 4.79 Å². The number of hydrogen-bond acceptors (Lipinski definition) is 3. The van der Waals surface area contributed by atoms with E-state index in [0.29, 0.717) is 25.5 Å². The lowest BCUT2D eigenvalue weighted by molar-refractivity contribution is -0.117. The van der Waals surface area contributed by atoms with E-state index in [9.17, 15) is 4.79 Å². The van der Waals surface area contributed by atoms with E-state index in [0.717, 1.165) is 36.3 Å². The van der Waals surface area contributed by atoms with Crippen molar-refractivity contribution in [3.05, 3.63) is 59.9 Å². The minimum atomic E-state index is 0.201. The molecule has 2 aromatic rings.